The summed E-state index contributed by atoms with van der Waals surface area (Å²) in [4.78, 5) is 12.1. The molecule has 2 aromatic rings. The lowest BCUT2D eigenvalue weighted by Gasteiger charge is -2.16. The van der Waals surface area contributed by atoms with Crippen molar-refractivity contribution in [3.63, 3.8) is 0 Å². The molecule has 1 unspecified atom stereocenters. The van der Waals surface area contributed by atoms with Gasteiger partial charge in [-0.25, -0.2) is 0 Å². The molecule has 2 rings (SSSR count). The van der Waals surface area contributed by atoms with Crippen LogP contribution in [0.15, 0.2) is 42.5 Å². The molecule has 0 aliphatic heterocycles. The Kier molecular flexibility index (Phi) is 7.42. The predicted molar refractivity (Wildman–Crippen MR) is 102 cm³/mol. The van der Waals surface area contributed by atoms with Gasteiger partial charge in [0.2, 0.25) is 0 Å². The monoisotopic (exact) mass is 380 g/mol. The van der Waals surface area contributed by atoms with Gasteiger partial charge in [-0.2, -0.15) is 0 Å². The quantitative estimate of drug-likeness (QED) is 0.571. The van der Waals surface area contributed by atoms with Gasteiger partial charge in [-0.1, -0.05) is 47.5 Å². The third-order valence-electron chi connectivity index (χ3n) is 3.40. The summed E-state index contributed by atoms with van der Waals surface area (Å²) in [6, 6.07) is 12.8. The summed E-state index contributed by atoms with van der Waals surface area (Å²) in [5.74, 6) is -0.265. The average molecular weight is 381 g/mol. The Labute approximate surface area is 160 Å². The van der Waals surface area contributed by atoms with E-state index in [0.717, 1.165) is 27.8 Å². The van der Waals surface area contributed by atoms with Crippen LogP contribution in [-0.2, 0) is 16.0 Å². The molecule has 0 amide bonds. The van der Waals surface area contributed by atoms with Crippen molar-refractivity contribution < 1.29 is 9.53 Å². The number of para-hydroxylation sites is 2. The largest absolute Gasteiger partial charge is 0.461 e. The molecule has 4 nitrogen and oxygen atoms in total. The molecular weight excluding hydrogens is 362 g/mol. The van der Waals surface area contributed by atoms with Crippen LogP contribution in [0.5, 0.6) is 0 Å². The SMILES string of the molecule is CC(C[NH][AlH2])OC(=O)Cc1ccccc1Nc1c(Cl)cccc1Cl. The first-order valence-electron chi connectivity index (χ1n) is 7.64. The zero-order valence-corrected chi connectivity index (χ0v) is 17.1. The molecule has 0 radical (unpaired) electrons. The van der Waals surface area contributed by atoms with E-state index in [0.29, 0.717) is 22.3 Å². The van der Waals surface area contributed by atoms with E-state index < -0.39 is 0 Å². The van der Waals surface area contributed by atoms with Crippen molar-refractivity contribution in [2.24, 2.45) is 0 Å². The molecule has 24 heavy (non-hydrogen) atoms. The molecule has 0 aliphatic rings. The van der Waals surface area contributed by atoms with Crippen molar-refractivity contribution in [3.05, 3.63) is 58.1 Å². The van der Waals surface area contributed by atoms with E-state index in [-0.39, 0.29) is 18.5 Å². The molecule has 2 aromatic carbocycles. The van der Waals surface area contributed by atoms with Crippen LogP contribution >= 0.6 is 23.2 Å². The van der Waals surface area contributed by atoms with E-state index in [9.17, 15) is 4.79 Å². The number of carbonyl (C=O) groups is 1. The summed E-state index contributed by atoms with van der Waals surface area (Å²) >= 11 is 13.3. The van der Waals surface area contributed by atoms with Crippen molar-refractivity contribution in [1.29, 1.82) is 0 Å². The Hall–Kier alpha value is -1.22. The zero-order valence-electron chi connectivity index (χ0n) is 13.6. The maximum absolute atomic E-state index is 12.1. The number of nitrogens with one attached hydrogen (secondary N) is 2. The first-order chi connectivity index (χ1) is 11.5. The predicted octanol–water partition coefficient (Wildman–Crippen LogP) is 3.35. The van der Waals surface area contributed by atoms with Crippen LogP contribution in [0.4, 0.5) is 11.4 Å². The van der Waals surface area contributed by atoms with E-state index in [4.69, 9.17) is 27.9 Å². The molecule has 1 atom stereocenters. The standard InChI is InChI=1S/C17H17Cl2N2O2.Al.2H/c1-11(10-20)23-16(22)9-12-5-2-3-8-15(12)21-17-13(18)6-4-7-14(17)19;;;/h2-8,11,20-21H,9-10H2,1H3;;;/q-1;+1;;. The van der Waals surface area contributed by atoms with Gasteiger partial charge in [0, 0.05) is 12.2 Å². The molecule has 0 saturated heterocycles. The van der Waals surface area contributed by atoms with Crippen molar-refractivity contribution in [3.8, 4) is 0 Å². The minimum atomic E-state index is -0.265. The number of benzene rings is 2. The van der Waals surface area contributed by atoms with Crippen LogP contribution in [0.2, 0.25) is 10.0 Å². The van der Waals surface area contributed by atoms with Gasteiger partial charge >= 0.3 is 22.5 Å². The van der Waals surface area contributed by atoms with Gasteiger partial charge < -0.3 is 14.4 Å². The highest BCUT2D eigenvalue weighted by molar-refractivity contribution is 6.39. The molecule has 0 spiro atoms. The minimum Gasteiger partial charge on any atom is -0.461 e. The van der Waals surface area contributed by atoms with Gasteiger partial charge in [-0.3, -0.25) is 4.79 Å². The van der Waals surface area contributed by atoms with E-state index in [1.807, 2.05) is 31.2 Å². The molecule has 0 heterocycles. The van der Waals surface area contributed by atoms with Gasteiger partial charge in [0.25, 0.3) is 0 Å². The van der Waals surface area contributed by atoms with Crippen molar-refractivity contribution >= 4 is 57.1 Å². The highest BCUT2D eigenvalue weighted by atomic mass is 35.5. The molecule has 0 aromatic heterocycles. The highest BCUT2D eigenvalue weighted by Crippen LogP contribution is 2.33. The second-order valence-electron chi connectivity index (χ2n) is 5.41. The molecule has 0 saturated carbocycles. The highest BCUT2D eigenvalue weighted by Gasteiger charge is 2.13. The summed E-state index contributed by atoms with van der Waals surface area (Å²) < 4.78 is 8.50. The Morgan fingerprint density at radius 1 is 1.17 bits per heavy atom. The topological polar surface area (TPSA) is 50.4 Å². The van der Waals surface area contributed by atoms with Gasteiger partial charge in [-0.05, 0) is 30.7 Å². The second-order valence-corrected chi connectivity index (χ2v) is 6.94. The lowest BCUT2D eigenvalue weighted by molar-refractivity contribution is -0.147. The smallest absolute Gasteiger partial charge is 0.319 e. The Morgan fingerprint density at radius 3 is 2.50 bits per heavy atom. The third kappa shape index (κ3) is 5.41. The van der Waals surface area contributed by atoms with Crippen LogP contribution in [0.1, 0.15) is 12.5 Å². The number of hydrogen-bond donors (Lipinski definition) is 2. The normalized spacial score (nSPS) is 11.8. The van der Waals surface area contributed by atoms with Crippen molar-refractivity contribution in [2.75, 3.05) is 11.9 Å². The van der Waals surface area contributed by atoms with Gasteiger partial charge in [-0.15, -0.1) is 0 Å². The van der Waals surface area contributed by atoms with Gasteiger partial charge in [0.05, 0.1) is 22.2 Å². The molecule has 7 heteroatoms. The number of carbonyl (C=O) groups excluding carboxylic acids is 1. The number of hydrogen-bond acceptors (Lipinski definition) is 4. The molecule has 0 bridgehead atoms. The fourth-order valence-corrected chi connectivity index (χ4v) is 3.37. The third-order valence-corrected chi connectivity index (χ3v) is 4.44. The van der Waals surface area contributed by atoms with E-state index >= 15 is 0 Å². The van der Waals surface area contributed by atoms with Crippen LogP contribution in [0, 0.1) is 0 Å². The molecule has 126 valence electrons. The minimum absolute atomic E-state index is 0.145. The number of esters is 1. The fraction of sp³-hybridized carbons (Fsp3) is 0.235. The van der Waals surface area contributed by atoms with E-state index in [1.54, 1.807) is 18.2 Å². The van der Waals surface area contributed by atoms with Crippen molar-refractivity contribution in [1.82, 2.24) is 4.30 Å². The maximum Gasteiger partial charge on any atom is 0.319 e. The molecule has 0 aliphatic carbocycles. The molecular formula is C17H19AlCl2N2O2. The summed E-state index contributed by atoms with van der Waals surface area (Å²) in [6.45, 7) is 2.55. The maximum atomic E-state index is 12.1. The van der Waals surface area contributed by atoms with Gasteiger partial charge in [0.15, 0.2) is 0 Å². The lowest BCUT2D eigenvalue weighted by Crippen LogP contribution is -2.27. The zero-order chi connectivity index (χ0) is 17.5. The molecule has 2 N–H and O–H groups in total. The lowest BCUT2D eigenvalue weighted by atomic mass is 10.1. The summed E-state index contributed by atoms with van der Waals surface area (Å²) in [7, 11) is 0. The summed E-state index contributed by atoms with van der Waals surface area (Å²) in [5.41, 5.74) is 2.22. The number of anilines is 2. The second kappa shape index (κ2) is 9.31. The van der Waals surface area contributed by atoms with Crippen LogP contribution in [0.25, 0.3) is 0 Å². The number of rotatable bonds is 7. The van der Waals surface area contributed by atoms with Crippen LogP contribution in [0.3, 0.4) is 0 Å². The first kappa shape index (κ1) is 19.1. The van der Waals surface area contributed by atoms with Crippen LogP contribution in [-0.4, -0.2) is 35.1 Å². The van der Waals surface area contributed by atoms with Crippen molar-refractivity contribution in [2.45, 2.75) is 19.4 Å². The van der Waals surface area contributed by atoms with Gasteiger partial charge in [0.1, 0.15) is 6.10 Å². The average Bonchev–Trinajstić information content (AvgIpc) is 2.52. The fourth-order valence-electron chi connectivity index (χ4n) is 2.30. The Morgan fingerprint density at radius 2 is 1.83 bits per heavy atom. The summed E-state index contributed by atoms with van der Waals surface area (Å²) in [6.07, 6.45) is 0.0321. The van der Waals surface area contributed by atoms with E-state index in [2.05, 4.69) is 9.62 Å². The van der Waals surface area contributed by atoms with E-state index in [1.165, 1.54) is 0 Å². The summed E-state index contributed by atoms with van der Waals surface area (Å²) in [5, 5.41) is 4.25. The van der Waals surface area contributed by atoms with Crippen LogP contribution < -0.4 is 9.62 Å². The number of halogens is 2. The molecule has 0 fully saturated rings. The Balaban J connectivity index is 2.14. The Bertz CT molecular complexity index is 692. The number of ether oxygens (including phenoxy) is 1. The first-order valence-corrected chi connectivity index (χ1v) is 9.40.